The third-order valence-electron chi connectivity index (χ3n) is 5.44. The summed E-state index contributed by atoms with van der Waals surface area (Å²) in [5.41, 5.74) is 3.86. The van der Waals surface area contributed by atoms with E-state index in [9.17, 15) is 14.4 Å². The van der Waals surface area contributed by atoms with Gasteiger partial charge in [-0.1, -0.05) is 53.7 Å². The third kappa shape index (κ3) is 5.42. The molecule has 0 spiro atoms. The largest absolute Gasteiger partial charge is 0.495 e. The van der Waals surface area contributed by atoms with Crippen LogP contribution in [-0.4, -0.2) is 28.0 Å². The Balaban J connectivity index is 1.49. The van der Waals surface area contributed by atoms with E-state index in [-0.39, 0.29) is 11.7 Å². The van der Waals surface area contributed by atoms with Crippen molar-refractivity contribution < 1.29 is 13.9 Å². The van der Waals surface area contributed by atoms with Crippen LogP contribution < -0.4 is 10.1 Å². The summed E-state index contributed by atoms with van der Waals surface area (Å²) in [5, 5.41) is 20.7. The predicted molar refractivity (Wildman–Crippen MR) is 132 cm³/mol. The highest BCUT2D eigenvalue weighted by molar-refractivity contribution is 5.94. The molecule has 0 aliphatic heterocycles. The molecule has 0 saturated carbocycles. The SMILES string of the molecule is COc1ccccc1NC(=O)C(C)n1cc(-c2ccc(/C(C#N)=C/c3ccc(F)cc3)cc2)nn1. The first-order valence-electron chi connectivity index (χ1n) is 10.8. The second-order valence-corrected chi connectivity index (χ2v) is 7.75. The van der Waals surface area contributed by atoms with Crippen LogP contribution in [0.2, 0.25) is 0 Å². The molecule has 0 aliphatic rings. The van der Waals surface area contributed by atoms with Gasteiger partial charge in [0.2, 0.25) is 5.91 Å². The molecule has 1 heterocycles. The highest BCUT2D eigenvalue weighted by Crippen LogP contribution is 2.25. The molecule has 1 amide bonds. The number of benzene rings is 3. The van der Waals surface area contributed by atoms with Crippen molar-refractivity contribution in [1.82, 2.24) is 15.0 Å². The smallest absolute Gasteiger partial charge is 0.249 e. The van der Waals surface area contributed by atoms with Gasteiger partial charge in [-0.25, -0.2) is 9.07 Å². The number of amides is 1. The van der Waals surface area contributed by atoms with Crippen LogP contribution in [-0.2, 0) is 4.79 Å². The summed E-state index contributed by atoms with van der Waals surface area (Å²) < 4.78 is 19.9. The monoisotopic (exact) mass is 467 g/mol. The Morgan fingerprint density at radius 2 is 1.83 bits per heavy atom. The number of aromatic nitrogens is 3. The first-order valence-corrected chi connectivity index (χ1v) is 10.8. The summed E-state index contributed by atoms with van der Waals surface area (Å²) in [6.45, 7) is 1.73. The van der Waals surface area contributed by atoms with Crippen LogP contribution in [0.4, 0.5) is 10.1 Å². The molecule has 0 aliphatic carbocycles. The summed E-state index contributed by atoms with van der Waals surface area (Å²) in [4.78, 5) is 12.7. The summed E-state index contributed by atoms with van der Waals surface area (Å²) >= 11 is 0. The van der Waals surface area contributed by atoms with Gasteiger partial charge in [-0.05, 0) is 48.4 Å². The molecule has 35 heavy (non-hydrogen) atoms. The van der Waals surface area contributed by atoms with Crippen molar-refractivity contribution in [3.8, 4) is 23.1 Å². The molecule has 4 aromatic rings. The minimum Gasteiger partial charge on any atom is -0.495 e. The second-order valence-electron chi connectivity index (χ2n) is 7.75. The molecule has 8 heteroatoms. The lowest BCUT2D eigenvalue weighted by Gasteiger charge is -2.14. The van der Waals surface area contributed by atoms with Gasteiger partial charge in [-0.3, -0.25) is 4.79 Å². The Labute approximate surface area is 202 Å². The average Bonchev–Trinajstić information content (AvgIpc) is 3.38. The zero-order valence-corrected chi connectivity index (χ0v) is 19.1. The fourth-order valence-electron chi connectivity index (χ4n) is 3.43. The summed E-state index contributed by atoms with van der Waals surface area (Å²) in [7, 11) is 1.54. The maximum absolute atomic E-state index is 13.1. The number of ether oxygens (including phenoxy) is 1. The quantitative estimate of drug-likeness (QED) is 0.292. The van der Waals surface area contributed by atoms with E-state index in [4.69, 9.17) is 4.74 Å². The number of nitrogens with one attached hydrogen (secondary N) is 1. The number of para-hydroxylation sites is 2. The molecule has 7 nitrogen and oxygen atoms in total. The Morgan fingerprint density at radius 3 is 2.51 bits per heavy atom. The van der Waals surface area contributed by atoms with Crippen LogP contribution in [0.1, 0.15) is 24.1 Å². The van der Waals surface area contributed by atoms with E-state index in [1.165, 1.54) is 16.8 Å². The number of nitrogens with zero attached hydrogens (tertiary/aromatic N) is 4. The van der Waals surface area contributed by atoms with Gasteiger partial charge in [0.05, 0.1) is 30.6 Å². The van der Waals surface area contributed by atoms with Crippen molar-refractivity contribution in [3.63, 3.8) is 0 Å². The van der Waals surface area contributed by atoms with Gasteiger partial charge in [0, 0.05) is 5.56 Å². The van der Waals surface area contributed by atoms with E-state index >= 15 is 0 Å². The minimum absolute atomic E-state index is 0.258. The van der Waals surface area contributed by atoms with E-state index in [2.05, 4.69) is 21.7 Å². The van der Waals surface area contributed by atoms with E-state index in [0.29, 0.717) is 22.7 Å². The van der Waals surface area contributed by atoms with Crippen molar-refractivity contribution >= 4 is 23.2 Å². The summed E-state index contributed by atoms with van der Waals surface area (Å²) in [6.07, 6.45) is 3.40. The van der Waals surface area contributed by atoms with Gasteiger partial charge < -0.3 is 10.1 Å². The molecule has 1 unspecified atom stereocenters. The van der Waals surface area contributed by atoms with Crippen LogP contribution in [0, 0.1) is 17.1 Å². The maximum Gasteiger partial charge on any atom is 0.249 e. The first-order chi connectivity index (χ1) is 17.0. The average molecular weight is 468 g/mol. The number of anilines is 1. The molecule has 3 aromatic carbocycles. The zero-order valence-electron chi connectivity index (χ0n) is 19.1. The van der Waals surface area contributed by atoms with Gasteiger partial charge in [-0.15, -0.1) is 5.10 Å². The Morgan fingerprint density at radius 1 is 1.11 bits per heavy atom. The van der Waals surface area contributed by atoms with Crippen molar-refractivity contribution in [2.75, 3.05) is 12.4 Å². The lowest BCUT2D eigenvalue weighted by molar-refractivity contribution is -0.119. The topological polar surface area (TPSA) is 92.8 Å². The van der Waals surface area contributed by atoms with Gasteiger partial charge in [-0.2, -0.15) is 5.26 Å². The molecule has 0 fully saturated rings. The van der Waals surface area contributed by atoms with Crippen LogP contribution >= 0.6 is 0 Å². The van der Waals surface area contributed by atoms with E-state index < -0.39 is 6.04 Å². The number of halogens is 1. The lowest BCUT2D eigenvalue weighted by Crippen LogP contribution is -2.24. The van der Waals surface area contributed by atoms with Crippen molar-refractivity contribution in [3.05, 3.63) is 95.9 Å². The molecule has 174 valence electrons. The number of carbonyl (C=O) groups is 1. The van der Waals surface area contributed by atoms with E-state index in [1.54, 1.807) is 50.6 Å². The van der Waals surface area contributed by atoms with E-state index in [0.717, 1.165) is 16.7 Å². The molecular weight excluding hydrogens is 445 g/mol. The number of allylic oxidation sites excluding steroid dienone is 1. The van der Waals surface area contributed by atoms with Crippen LogP contribution in [0.25, 0.3) is 22.9 Å². The van der Waals surface area contributed by atoms with Crippen molar-refractivity contribution in [1.29, 1.82) is 5.26 Å². The van der Waals surface area contributed by atoms with Crippen molar-refractivity contribution in [2.24, 2.45) is 0 Å². The second kappa shape index (κ2) is 10.4. The zero-order chi connectivity index (χ0) is 24.8. The number of rotatable bonds is 7. The molecular formula is C27H22FN5O2. The Kier molecular flexibility index (Phi) is 6.98. The molecule has 1 aromatic heterocycles. The molecule has 4 rings (SSSR count). The molecule has 1 N–H and O–H groups in total. The van der Waals surface area contributed by atoms with Gasteiger partial charge >= 0.3 is 0 Å². The minimum atomic E-state index is -0.607. The van der Waals surface area contributed by atoms with Crippen LogP contribution in [0.5, 0.6) is 5.75 Å². The Bertz CT molecular complexity index is 1400. The molecule has 0 saturated heterocycles. The fourth-order valence-corrected chi connectivity index (χ4v) is 3.43. The number of carbonyl (C=O) groups excluding carboxylic acids is 1. The van der Waals surface area contributed by atoms with Gasteiger partial charge in [0.15, 0.2) is 0 Å². The predicted octanol–water partition coefficient (Wildman–Crippen LogP) is 5.36. The maximum atomic E-state index is 13.1. The number of nitriles is 1. The fraction of sp³-hybridized carbons (Fsp3) is 0.111. The molecule has 0 bridgehead atoms. The standard InChI is InChI=1S/C27H22FN5O2/c1-18(27(34)30-24-5-3-4-6-26(24)35-2)33-17-25(31-32-33)21-11-9-20(10-12-21)22(16-29)15-19-7-13-23(28)14-8-19/h3-15,17-18H,1-2H3,(H,30,34)/b22-15+. The summed E-state index contributed by atoms with van der Waals surface area (Å²) in [6, 6.07) is 22.0. The highest BCUT2D eigenvalue weighted by Gasteiger charge is 2.19. The van der Waals surface area contributed by atoms with Crippen LogP contribution in [0.15, 0.2) is 79.0 Å². The highest BCUT2D eigenvalue weighted by atomic mass is 19.1. The van der Waals surface area contributed by atoms with E-state index in [1.807, 2.05) is 36.4 Å². The van der Waals surface area contributed by atoms with Gasteiger partial charge in [0.25, 0.3) is 0 Å². The van der Waals surface area contributed by atoms with Gasteiger partial charge in [0.1, 0.15) is 23.3 Å². The van der Waals surface area contributed by atoms with Crippen LogP contribution in [0.3, 0.4) is 0 Å². The first kappa shape index (κ1) is 23.4. The Hall–Kier alpha value is -4.77. The molecule has 1 atom stereocenters. The molecule has 0 radical (unpaired) electrons. The summed E-state index contributed by atoms with van der Waals surface area (Å²) in [5.74, 6) is -0.0202. The number of methoxy groups -OCH3 is 1. The third-order valence-corrected chi connectivity index (χ3v) is 5.44. The number of hydrogen-bond acceptors (Lipinski definition) is 5. The number of hydrogen-bond donors (Lipinski definition) is 1. The normalized spacial score (nSPS) is 12.0. The van der Waals surface area contributed by atoms with Crippen molar-refractivity contribution in [2.45, 2.75) is 13.0 Å². The lowest BCUT2D eigenvalue weighted by atomic mass is 10.0.